The molecule has 3 rings (SSSR count). The number of benzene rings is 2. The number of halogens is 1. The molecule has 0 bridgehead atoms. The molecule has 1 amide bonds. The molecule has 2 aromatic carbocycles. The summed E-state index contributed by atoms with van der Waals surface area (Å²) < 4.78 is 5.72. The molecule has 114 valence electrons. The van der Waals surface area contributed by atoms with Crippen molar-refractivity contribution >= 4 is 17.5 Å². The van der Waals surface area contributed by atoms with Gasteiger partial charge in [-0.1, -0.05) is 41.9 Å². The van der Waals surface area contributed by atoms with Gasteiger partial charge >= 0.3 is 0 Å². The van der Waals surface area contributed by atoms with E-state index in [9.17, 15) is 4.79 Å². The highest BCUT2D eigenvalue weighted by Crippen LogP contribution is 2.21. The van der Waals surface area contributed by atoms with Crippen LogP contribution in [0.3, 0.4) is 0 Å². The van der Waals surface area contributed by atoms with E-state index in [-0.39, 0.29) is 5.91 Å². The lowest BCUT2D eigenvalue weighted by Crippen LogP contribution is -2.43. The molecule has 0 aromatic heterocycles. The number of carbonyl (C=O) groups is 1. The molecule has 0 spiro atoms. The number of hydrogen-bond acceptors (Lipinski definition) is 2. The average Bonchev–Trinajstić information content (AvgIpc) is 2.53. The van der Waals surface area contributed by atoms with Gasteiger partial charge in [0.15, 0.2) is 6.10 Å². The topological polar surface area (TPSA) is 29.5 Å². The summed E-state index contributed by atoms with van der Waals surface area (Å²) in [6.45, 7) is 3.17. The monoisotopic (exact) mass is 315 g/mol. The SMILES string of the molecule is C[C@@H](Oc1cccc(Cl)c1)C(=O)N1CCc2ccccc2C1. The van der Waals surface area contributed by atoms with Gasteiger partial charge in [-0.3, -0.25) is 4.79 Å². The Morgan fingerprint density at radius 1 is 1.18 bits per heavy atom. The Bertz CT molecular complexity index is 686. The van der Waals surface area contributed by atoms with Crippen LogP contribution in [0.4, 0.5) is 0 Å². The number of hydrogen-bond donors (Lipinski definition) is 0. The van der Waals surface area contributed by atoms with E-state index < -0.39 is 6.10 Å². The Morgan fingerprint density at radius 2 is 1.95 bits per heavy atom. The second-order valence-corrected chi connectivity index (χ2v) is 5.93. The minimum Gasteiger partial charge on any atom is -0.481 e. The molecule has 1 heterocycles. The van der Waals surface area contributed by atoms with Crippen LogP contribution in [0.1, 0.15) is 18.1 Å². The quantitative estimate of drug-likeness (QED) is 0.864. The summed E-state index contributed by atoms with van der Waals surface area (Å²) in [5, 5.41) is 0.601. The van der Waals surface area contributed by atoms with Crippen molar-refractivity contribution in [2.24, 2.45) is 0 Å². The van der Waals surface area contributed by atoms with Gasteiger partial charge in [0.25, 0.3) is 5.91 Å². The van der Waals surface area contributed by atoms with E-state index in [0.717, 1.165) is 13.0 Å². The first kappa shape index (κ1) is 14.9. The molecule has 0 radical (unpaired) electrons. The second-order valence-electron chi connectivity index (χ2n) is 5.50. The van der Waals surface area contributed by atoms with Gasteiger partial charge in [-0.05, 0) is 42.7 Å². The predicted octanol–water partition coefficient (Wildman–Crippen LogP) is 3.69. The average molecular weight is 316 g/mol. The molecule has 0 saturated heterocycles. The van der Waals surface area contributed by atoms with Crippen molar-refractivity contribution in [3.8, 4) is 5.75 Å². The first-order valence-electron chi connectivity index (χ1n) is 7.41. The van der Waals surface area contributed by atoms with Crippen LogP contribution in [0.25, 0.3) is 0 Å². The van der Waals surface area contributed by atoms with Gasteiger partial charge in [0.2, 0.25) is 0 Å². The Hall–Kier alpha value is -2.00. The van der Waals surface area contributed by atoms with Gasteiger partial charge in [-0.2, -0.15) is 0 Å². The van der Waals surface area contributed by atoms with Crippen LogP contribution in [0.5, 0.6) is 5.75 Å². The number of rotatable bonds is 3. The van der Waals surface area contributed by atoms with Gasteiger partial charge in [0, 0.05) is 18.1 Å². The predicted molar refractivity (Wildman–Crippen MR) is 87.1 cm³/mol. The van der Waals surface area contributed by atoms with Crippen LogP contribution in [0.2, 0.25) is 5.02 Å². The molecule has 0 saturated carbocycles. The van der Waals surface area contributed by atoms with Gasteiger partial charge in [0.1, 0.15) is 5.75 Å². The number of carbonyl (C=O) groups excluding carboxylic acids is 1. The second kappa shape index (κ2) is 6.41. The van der Waals surface area contributed by atoms with Crippen LogP contribution in [0, 0.1) is 0 Å². The van der Waals surface area contributed by atoms with Crippen LogP contribution in [0.15, 0.2) is 48.5 Å². The maximum absolute atomic E-state index is 12.6. The molecular formula is C18H18ClNO2. The first-order chi connectivity index (χ1) is 10.6. The van der Waals surface area contributed by atoms with Crippen molar-refractivity contribution in [2.45, 2.75) is 26.0 Å². The fraction of sp³-hybridized carbons (Fsp3) is 0.278. The minimum absolute atomic E-state index is 0.00878. The van der Waals surface area contributed by atoms with Crippen molar-refractivity contribution < 1.29 is 9.53 Å². The normalized spacial score (nSPS) is 15.1. The highest BCUT2D eigenvalue weighted by molar-refractivity contribution is 6.30. The summed E-state index contributed by atoms with van der Waals surface area (Å²) in [6, 6.07) is 15.4. The van der Waals surface area contributed by atoms with Crippen LogP contribution >= 0.6 is 11.6 Å². The Labute approximate surface area is 135 Å². The fourth-order valence-corrected chi connectivity index (χ4v) is 2.92. The summed E-state index contributed by atoms with van der Waals surface area (Å²) in [5.41, 5.74) is 2.55. The summed E-state index contributed by atoms with van der Waals surface area (Å²) in [6.07, 6.45) is 0.370. The third-order valence-electron chi connectivity index (χ3n) is 3.90. The zero-order valence-electron chi connectivity index (χ0n) is 12.5. The molecule has 0 unspecified atom stereocenters. The maximum Gasteiger partial charge on any atom is 0.263 e. The van der Waals surface area contributed by atoms with Gasteiger partial charge < -0.3 is 9.64 Å². The zero-order valence-corrected chi connectivity index (χ0v) is 13.2. The third kappa shape index (κ3) is 3.25. The largest absolute Gasteiger partial charge is 0.481 e. The van der Waals surface area contributed by atoms with Crippen LogP contribution in [-0.2, 0) is 17.8 Å². The molecule has 22 heavy (non-hydrogen) atoms. The number of ether oxygens (including phenoxy) is 1. The number of nitrogens with zero attached hydrogens (tertiary/aromatic N) is 1. The lowest BCUT2D eigenvalue weighted by molar-refractivity contribution is -0.138. The Balaban J connectivity index is 1.67. The molecule has 0 N–H and O–H groups in total. The van der Waals surface area contributed by atoms with Gasteiger partial charge in [-0.25, -0.2) is 0 Å². The third-order valence-corrected chi connectivity index (χ3v) is 4.13. The fourth-order valence-electron chi connectivity index (χ4n) is 2.74. The molecule has 1 aliphatic heterocycles. The lowest BCUT2D eigenvalue weighted by atomic mass is 9.99. The van der Waals surface area contributed by atoms with Crippen molar-refractivity contribution in [3.05, 3.63) is 64.7 Å². The van der Waals surface area contributed by atoms with Crippen molar-refractivity contribution in [1.29, 1.82) is 0 Å². The molecule has 4 heteroatoms. The maximum atomic E-state index is 12.6. The summed E-state index contributed by atoms with van der Waals surface area (Å²) in [4.78, 5) is 14.4. The molecule has 1 aliphatic rings. The van der Waals surface area contributed by atoms with Crippen molar-refractivity contribution in [3.63, 3.8) is 0 Å². The van der Waals surface area contributed by atoms with Crippen LogP contribution in [-0.4, -0.2) is 23.5 Å². The molecule has 0 fully saturated rings. The van der Waals surface area contributed by atoms with E-state index in [4.69, 9.17) is 16.3 Å². The van der Waals surface area contributed by atoms with E-state index in [2.05, 4.69) is 12.1 Å². The standard InChI is InChI=1S/C18H18ClNO2/c1-13(22-17-8-4-7-16(19)11-17)18(21)20-10-9-14-5-2-3-6-15(14)12-20/h2-8,11,13H,9-10,12H2,1H3/t13-/m1/s1. The zero-order chi connectivity index (χ0) is 15.5. The Morgan fingerprint density at radius 3 is 2.73 bits per heavy atom. The summed E-state index contributed by atoms with van der Waals surface area (Å²) >= 11 is 5.94. The van der Waals surface area contributed by atoms with Gasteiger partial charge in [-0.15, -0.1) is 0 Å². The molecule has 0 aliphatic carbocycles. The molecule has 2 aromatic rings. The minimum atomic E-state index is -0.524. The Kier molecular flexibility index (Phi) is 4.34. The number of fused-ring (bicyclic) bond motifs is 1. The smallest absolute Gasteiger partial charge is 0.263 e. The summed E-state index contributed by atoms with van der Waals surface area (Å²) in [7, 11) is 0. The highest BCUT2D eigenvalue weighted by atomic mass is 35.5. The van der Waals surface area contributed by atoms with E-state index in [1.807, 2.05) is 23.1 Å². The summed E-state index contributed by atoms with van der Waals surface area (Å²) in [5.74, 6) is 0.625. The van der Waals surface area contributed by atoms with Gasteiger partial charge in [0.05, 0.1) is 0 Å². The first-order valence-corrected chi connectivity index (χ1v) is 7.79. The lowest BCUT2D eigenvalue weighted by Gasteiger charge is -2.31. The van der Waals surface area contributed by atoms with E-state index in [1.54, 1.807) is 25.1 Å². The molecule has 3 nitrogen and oxygen atoms in total. The van der Waals surface area contributed by atoms with Crippen LogP contribution < -0.4 is 4.74 Å². The van der Waals surface area contributed by atoms with E-state index >= 15 is 0 Å². The molecular weight excluding hydrogens is 298 g/mol. The van der Waals surface area contributed by atoms with E-state index in [1.165, 1.54) is 11.1 Å². The van der Waals surface area contributed by atoms with Crippen molar-refractivity contribution in [2.75, 3.05) is 6.54 Å². The van der Waals surface area contributed by atoms with E-state index in [0.29, 0.717) is 17.3 Å². The molecule has 1 atom stereocenters. The van der Waals surface area contributed by atoms with Crippen molar-refractivity contribution in [1.82, 2.24) is 4.90 Å². The number of amides is 1. The highest BCUT2D eigenvalue weighted by Gasteiger charge is 2.25.